The summed E-state index contributed by atoms with van der Waals surface area (Å²) in [6.45, 7) is 3.57. The third kappa shape index (κ3) is 4.97. The van der Waals surface area contributed by atoms with Gasteiger partial charge in [-0.15, -0.1) is 0 Å². The van der Waals surface area contributed by atoms with Gasteiger partial charge in [-0.2, -0.15) is 4.98 Å². The molecule has 1 aromatic carbocycles. The molecule has 1 amide bonds. The Kier molecular flexibility index (Phi) is 7.26. The minimum absolute atomic E-state index is 0.0124. The smallest absolute Gasteiger partial charge is 0.249 e. The summed E-state index contributed by atoms with van der Waals surface area (Å²) in [6, 6.07) is 7.60. The first-order valence-corrected chi connectivity index (χ1v) is 12.1. The van der Waals surface area contributed by atoms with Gasteiger partial charge in [0, 0.05) is 18.8 Å². The lowest BCUT2D eigenvalue weighted by Crippen LogP contribution is -2.55. The van der Waals surface area contributed by atoms with Crippen molar-refractivity contribution in [2.24, 2.45) is 5.73 Å². The van der Waals surface area contributed by atoms with Gasteiger partial charge in [0.05, 0.1) is 12.2 Å². The van der Waals surface area contributed by atoms with Gasteiger partial charge < -0.3 is 20.9 Å². The van der Waals surface area contributed by atoms with Crippen LogP contribution >= 0.6 is 0 Å². The molecule has 3 N–H and O–H groups in total. The Morgan fingerprint density at radius 3 is 2.62 bits per heavy atom. The number of aromatic nitrogens is 2. The highest BCUT2D eigenvalue weighted by molar-refractivity contribution is 6.04. The summed E-state index contributed by atoms with van der Waals surface area (Å²) < 4.78 is 0. The number of nitrogens with zero attached hydrogens (tertiary/aromatic N) is 4. The van der Waals surface area contributed by atoms with Gasteiger partial charge in [0.2, 0.25) is 11.9 Å². The fourth-order valence-electron chi connectivity index (χ4n) is 4.77. The number of benzene rings is 1. The van der Waals surface area contributed by atoms with Crippen molar-refractivity contribution in [1.29, 1.82) is 0 Å². The van der Waals surface area contributed by atoms with E-state index in [2.05, 4.69) is 22.1 Å². The largest absolute Gasteiger partial charge is 0.340 e. The minimum atomic E-state index is -0.455. The number of amides is 1. The molecule has 180 valence electrons. The number of rotatable bonds is 8. The van der Waals surface area contributed by atoms with E-state index in [1.807, 2.05) is 43.5 Å². The van der Waals surface area contributed by atoms with E-state index in [0.29, 0.717) is 18.4 Å². The molecule has 0 spiro atoms. The summed E-state index contributed by atoms with van der Waals surface area (Å²) in [5.74, 6) is 1.44. The van der Waals surface area contributed by atoms with Crippen LogP contribution in [0.3, 0.4) is 0 Å². The number of nitrogens with two attached hydrogens (primary N) is 1. The van der Waals surface area contributed by atoms with Crippen molar-refractivity contribution in [2.75, 3.05) is 22.2 Å². The monoisotopic (exact) mass is 462 g/mol. The molecule has 2 aliphatic rings. The zero-order valence-corrected chi connectivity index (χ0v) is 20.2. The molecule has 1 aromatic heterocycles. The number of ketones is 1. The molecule has 4 rings (SSSR count). The number of fused-ring (bicyclic) bond motifs is 1. The molecule has 2 unspecified atom stereocenters. The van der Waals surface area contributed by atoms with E-state index in [4.69, 9.17) is 10.7 Å². The normalized spacial score (nSPS) is 19.5. The van der Waals surface area contributed by atoms with E-state index in [1.165, 1.54) is 19.8 Å². The number of hydrogen-bond acceptors (Lipinski definition) is 7. The minimum Gasteiger partial charge on any atom is -0.340 e. The first kappa shape index (κ1) is 23.9. The van der Waals surface area contributed by atoms with E-state index in [1.54, 1.807) is 11.1 Å². The number of hydrogen-bond donors (Lipinski definition) is 2. The maximum Gasteiger partial charge on any atom is 0.249 e. The van der Waals surface area contributed by atoms with Gasteiger partial charge in [0.1, 0.15) is 17.5 Å². The quantitative estimate of drug-likeness (QED) is 0.610. The van der Waals surface area contributed by atoms with Crippen LogP contribution in [0.15, 0.2) is 36.5 Å². The van der Waals surface area contributed by atoms with Crippen molar-refractivity contribution in [3.8, 4) is 0 Å². The van der Waals surface area contributed by atoms with E-state index >= 15 is 0 Å². The molecule has 8 heteroatoms. The molecule has 1 aliphatic carbocycles. The predicted octanol–water partition coefficient (Wildman–Crippen LogP) is 4.04. The zero-order chi connectivity index (χ0) is 24.2. The molecular formula is C26H34N6O2. The molecular weight excluding hydrogens is 428 g/mol. The molecule has 1 aliphatic heterocycles. The summed E-state index contributed by atoms with van der Waals surface area (Å²) in [7, 11) is 1.81. The van der Waals surface area contributed by atoms with Gasteiger partial charge in [-0.05, 0) is 50.3 Å². The SMILES string of the molecule is CCC1C(=O)N(C)c2cnc(Nc3ccc(/C=C/CC(N)C(C)=O)cc3)nc2N1C1CCCC1. The van der Waals surface area contributed by atoms with Gasteiger partial charge in [0.15, 0.2) is 5.82 Å². The topological polar surface area (TPSA) is 104 Å². The van der Waals surface area contributed by atoms with Crippen molar-refractivity contribution in [1.82, 2.24) is 9.97 Å². The summed E-state index contributed by atoms with van der Waals surface area (Å²) in [5, 5.41) is 3.30. The molecule has 0 radical (unpaired) electrons. The van der Waals surface area contributed by atoms with Crippen LogP contribution in [0.1, 0.15) is 57.9 Å². The first-order chi connectivity index (χ1) is 16.4. The predicted molar refractivity (Wildman–Crippen MR) is 136 cm³/mol. The van der Waals surface area contributed by atoms with Crippen LogP contribution in [-0.2, 0) is 9.59 Å². The molecule has 2 aromatic rings. The summed E-state index contributed by atoms with van der Waals surface area (Å²) in [6.07, 6.45) is 11.4. The number of Topliss-reactive ketones (excluding diaryl/α,β-unsaturated/α-hetero) is 1. The second-order valence-corrected chi connectivity index (χ2v) is 9.17. The average molecular weight is 463 g/mol. The maximum absolute atomic E-state index is 13.0. The fourth-order valence-corrected chi connectivity index (χ4v) is 4.77. The number of nitrogens with one attached hydrogen (secondary N) is 1. The summed E-state index contributed by atoms with van der Waals surface area (Å²) >= 11 is 0. The Morgan fingerprint density at radius 1 is 1.26 bits per heavy atom. The highest BCUT2D eigenvalue weighted by atomic mass is 16.2. The average Bonchev–Trinajstić information content (AvgIpc) is 3.36. The first-order valence-electron chi connectivity index (χ1n) is 12.1. The van der Waals surface area contributed by atoms with Gasteiger partial charge in [-0.3, -0.25) is 9.59 Å². The van der Waals surface area contributed by atoms with E-state index < -0.39 is 6.04 Å². The lowest BCUT2D eigenvalue weighted by molar-refractivity contribution is -0.120. The second kappa shape index (κ2) is 10.3. The molecule has 2 heterocycles. The van der Waals surface area contributed by atoms with Crippen molar-refractivity contribution in [3.63, 3.8) is 0 Å². The molecule has 34 heavy (non-hydrogen) atoms. The van der Waals surface area contributed by atoms with Gasteiger partial charge in [-0.1, -0.05) is 44.1 Å². The van der Waals surface area contributed by atoms with E-state index in [9.17, 15) is 9.59 Å². The zero-order valence-electron chi connectivity index (χ0n) is 20.2. The van der Waals surface area contributed by atoms with Gasteiger partial charge >= 0.3 is 0 Å². The summed E-state index contributed by atoms with van der Waals surface area (Å²) in [5.41, 5.74) is 8.42. The molecule has 1 fully saturated rings. The van der Waals surface area contributed by atoms with Crippen LogP contribution in [0.5, 0.6) is 0 Å². The Labute approximate surface area is 201 Å². The van der Waals surface area contributed by atoms with Crippen LogP contribution in [0.25, 0.3) is 6.08 Å². The summed E-state index contributed by atoms with van der Waals surface area (Å²) in [4.78, 5) is 37.6. The molecule has 0 bridgehead atoms. The van der Waals surface area contributed by atoms with Crippen LogP contribution in [0, 0.1) is 0 Å². The molecule has 8 nitrogen and oxygen atoms in total. The van der Waals surface area contributed by atoms with E-state index in [0.717, 1.165) is 42.0 Å². The van der Waals surface area contributed by atoms with Crippen molar-refractivity contribution < 1.29 is 9.59 Å². The van der Waals surface area contributed by atoms with Crippen molar-refractivity contribution >= 4 is 40.9 Å². The number of anilines is 4. The Bertz CT molecular complexity index is 1060. The Morgan fingerprint density at radius 2 is 1.97 bits per heavy atom. The highest BCUT2D eigenvalue weighted by Gasteiger charge is 2.41. The van der Waals surface area contributed by atoms with Crippen molar-refractivity contribution in [2.45, 2.75) is 70.5 Å². The second-order valence-electron chi connectivity index (χ2n) is 9.17. The Balaban J connectivity index is 1.53. The lowest BCUT2D eigenvalue weighted by atomic mass is 10.0. The Hall–Kier alpha value is -3.26. The third-order valence-corrected chi connectivity index (χ3v) is 6.80. The third-order valence-electron chi connectivity index (χ3n) is 6.80. The van der Waals surface area contributed by atoms with Crippen LogP contribution in [-0.4, -0.2) is 46.8 Å². The number of carbonyl (C=O) groups is 2. The highest BCUT2D eigenvalue weighted by Crippen LogP contribution is 2.40. The van der Waals surface area contributed by atoms with Crippen molar-refractivity contribution in [3.05, 3.63) is 42.1 Å². The number of likely N-dealkylation sites (N-methyl/N-ethyl adjacent to an activating group) is 1. The maximum atomic E-state index is 13.0. The van der Waals surface area contributed by atoms with Gasteiger partial charge in [-0.25, -0.2) is 4.98 Å². The molecule has 1 saturated carbocycles. The fraction of sp³-hybridized carbons (Fsp3) is 0.462. The van der Waals surface area contributed by atoms with Gasteiger partial charge in [0.25, 0.3) is 0 Å². The molecule has 0 saturated heterocycles. The lowest BCUT2D eigenvalue weighted by Gasteiger charge is -2.43. The standard InChI is InChI=1S/C26H34N6O2/c1-4-22-25(34)31(3)23-16-28-26(30-24(23)32(22)20-9-5-6-10-20)29-19-14-12-18(13-15-19)8-7-11-21(27)17(2)33/h7-8,12-16,20-22H,4-6,9-11,27H2,1-3H3,(H,28,29,30)/b8-7+. The number of carbonyl (C=O) groups excluding carboxylic acids is 2. The van der Waals surface area contributed by atoms with E-state index in [-0.39, 0.29) is 17.7 Å². The van der Waals surface area contributed by atoms with Crippen LogP contribution in [0.2, 0.25) is 0 Å². The van der Waals surface area contributed by atoms with Crippen LogP contribution in [0.4, 0.5) is 23.1 Å². The molecule has 2 atom stereocenters. The van der Waals surface area contributed by atoms with Crippen LogP contribution < -0.4 is 20.9 Å².